The lowest BCUT2D eigenvalue weighted by Gasteiger charge is -2.23. The summed E-state index contributed by atoms with van der Waals surface area (Å²) >= 11 is 0. The first-order valence-electron chi connectivity index (χ1n) is 12.5. The van der Waals surface area contributed by atoms with Crippen LogP contribution in [0, 0.1) is 18.6 Å². The average Bonchev–Trinajstić information content (AvgIpc) is 2.87. The molecule has 0 N–H and O–H groups in total. The fraction of sp³-hybridized carbons (Fsp3) is 0.300. The van der Waals surface area contributed by atoms with E-state index >= 15 is 4.39 Å². The van der Waals surface area contributed by atoms with E-state index in [2.05, 4.69) is 18.7 Å². The zero-order valence-electron chi connectivity index (χ0n) is 21.3. The number of benzene rings is 3. The van der Waals surface area contributed by atoms with Gasteiger partial charge < -0.3 is 14.2 Å². The number of hydrogen-bond acceptors (Lipinski definition) is 3. The van der Waals surface area contributed by atoms with Crippen LogP contribution in [0.5, 0.6) is 11.5 Å². The first kappa shape index (κ1) is 25.4. The van der Waals surface area contributed by atoms with Gasteiger partial charge in [-0.3, -0.25) is 4.79 Å². The van der Waals surface area contributed by atoms with Crippen molar-refractivity contribution in [2.45, 2.75) is 40.0 Å². The second-order valence-electron chi connectivity index (χ2n) is 9.02. The van der Waals surface area contributed by atoms with Gasteiger partial charge in [0.2, 0.25) is 0 Å². The maximum absolute atomic E-state index is 15.1. The molecule has 0 radical (unpaired) electrons. The van der Waals surface area contributed by atoms with Crippen molar-refractivity contribution < 1.29 is 13.5 Å². The molecule has 0 atom stereocenters. The minimum atomic E-state index is -0.563. The normalized spacial score (nSPS) is 11.2. The molecule has 0 aliphatic rings. The van der Waals surface area contributed by atoms with Gasteiger partial charge in [-0.05, 0) is 74.9 Å². The molecule has 0 bridgehead atoms. The number of anilines is 1. The summed E-state index contributed by atoms with van der Waals surface area (Å²) in [5.74, 6) is -0.472. The molecule has 0 fully saturated rings. The molecule has 0 spiro atoms. The number of pyridine rings is 1. The summed E-state index contributed by atoms with van der Waals surface area (Å²) in [6, 6.07) is 16.8. The fourth-order valence-corrected chi connectivity index (χ4v) is 4.70. The molecule has 4 nitrogen and oxygen atoms in total. The highest BCUT2D eigenvalue weighted by atomic mass is 19.1. The van der Waals surface area contributed by atoms with Crippen molar-refractivity contribution in [3.63, 3.8) is 0 Å². The van der Waals surface area contributed by atoms with Crippen LogP contribution in [0.1, 0.15) is 38.7 Å². The maximum Gasteiger partial charge on any atom is 0.195 e. The highest BCUT2D eigenvalue weighted by Gasteiger charge is 2.18. The summed E-state index contributed by atoms with van der Waals surface area (Å²) < 4.78 is 37.0. The highest BCUT2D eigenvalue weighted by molar-refractivity contribution is 5.84. The predicted octanol–water partition coefficient (Wildman–Crippen LogP) is 7.60. The quantitative estimate of drug-likeness (QED) is 0.227. The van der Waals surface area contributed by atoms with E-state index in [1.54, 1.807) is 42.8 Å². The fourth-order valence-electron chi connectivity index (χ4n) is 4.70. The second kappa shape index (κ2) is 10.9. The lowest BCUT2D eigenvalue weighted by molar-refractivity contribution is 0.442. The second-order valence-corrected chi connectivity index (χ2v) is 9.02. The van der Waals surface area contributed by atoms with E-state index in [1.807, 2.05) is 24.3 Å². The van der Waals surface area contributed by atoms with Crippen LogP contribution in [0.2, 0.25) is 0 Å². The number of halogens is 2. The number of hydrogen-bond donors (Lipinski definition) is 0. The molecule has 0 unspecified atom stereocenters. The SMILES string of the molecule is CCCCCN(CC)c1ccc(Oc2ccc(-c3c(C)c(=O)c4c(F)cccc4n3C)cc2F)cc1. The van der Waals surface area contributed by atoms with Crippen molar-refractivity contribution in [1.82, 2.24) is 4.57 Å². The van der Waals surface area contributed by atoms with Crippen molar-refractivity contribution in [2.24, 2.45) is 7.05 Å². The Balaban J connectivity index is 1.59. The summed E-state index contributed by atoms with van der Waals surface area (Å²) in [6.45, 7) is 7.89. The molecule has 0 saturated carbocycles. The molecular weight excluding hydrogens is 458 g/mol. The topological polar surface area (TPSA) is 34.5 Å². The largest absolute Gasteiger partial charge is 0.454 e. The van der Waals surface area contributed by atoms with Crippen LogP contribution in [-0.4, -0.2) is 17.7 Å². The zero-order valence-corrected chi connectivity index (χ0v) is 21.3. The van der Waals surface area contributed by atoms with Crippen molar-refractivity contribution in [3.05, 3.63) is 88.1 Å². The van der Waals surface area contributed by atoms with Crippen LogP contribution < -0.4 is 15.1 Å². The van der Waals surface area contributed by atoms with Crippen LogP contribution in [-0.2, 0) is 7.05 Å². The zero-order chi connectivity index (χ0) is 25.8. The Morgan fingerprint density at radius 3 is 2.36 bits per heavy atom. The monoisotopic (exact) mass is 490 g/mol. The maximum atomic E-state index is 15.1. The lowest BCUT2D eigenvalue weighted by Crippen LogP contribution is -2.23. The Bertz CT molecular complexity index is 1430. The van der Waals surface area contributed by atoms with Crippen molar-refractivity contribution in [3.8, 4) is 22.8 Å². The molecule has 0 saturated heterocycles. The predicted molar refractivity (Wildman–Crippen MR) is 143 cm³/mol. The summed E-state index contributed by atoms with van der Waals surface area (Å²) in [5.41, 5.74) is 2.59. The van der Waals surface area contributed by atoms with E-state index in [9.17, 15) is 9.18 Å². The van der Waals surface area contributed by atoms with Crippen LogP contribution >= 0.6 is 0 Å². The molecule has 4 aromatic rings. The first-order chi connectivity index (χ1) is 17.3. The Morgan fingerprint density at radius 1 is 0.944 bits per heavy atom. The number of rotatable bonds is 9. The van der Waals surface area contributed by atoms with E-state index in [1.165, 1.54) is 25.0 Å². The van der Waals surface area contributed by atoms with Gasteiger partial charge >= 0.3 is 0 Å². The summed E-state index contributed by atoms with van der Waals surface area (Å²) in [7, 11) is 1.75. The van der Waals surface area contributed by atoms with E-state index < -0.39 is 17.1 Å². The number of ether oxygens (including phenoxy) is 1. The minimum Gasteiger partial charge on any atom is -0.454 e. The Kier molecular flexibility index (Phi) is 7.73. The highest BCUT2D eigenvalue weighted by Crippen LogP contribution is 2.32. The van der Waals surface area contributed by atoms with Gasteiger partial charge in [0.1, 0.15) is 11.6 Å². The molecule has 0 aliphatic carbocycles. The van der Waals surface area contributed by atoms with Gasteiger partial charge in [-0.25, -0.2) is 8.78 Å². The van der Waals surface area contributed by atoms with Crippen LogP contribution in [0.4, 0.5) is 14.5 Å². The van der Waals surface area contributed by atoms with E-state index in [4.69, 9.17) is 4.74 Å². The Morgan fingerprint density at radius 2 is 1.69 bits per heavy atom. The molecule has 36 heavy (non-hydrogen) atoms. The lowest BCUT2D eigenvalue weighted by atomic mass is 10.0. The van der Waals surface area contributed by atoms with E-state index in [0.717, 1.165) is 25.2 Å². The smallest absolute Gasteiger partial charge is 0.195 e. The number of fused-ring (bicyclic) bond motifs is 1. The van der Waals surface area contributed by atoms with Crippen LogP contribution in [0.3, 0.4) is 0 Å². The Labute approximate surface area is 210 Å². The average molecular weight is 491 g/mol. The van der Waals surface area contributed by atoms with Crippen LogP contribution in [0.15, 0.2) is 65.5 Å². The van der Waals surface area contributed by atoms with Crippen molar-refractivity contribution >= 4 is 16.6 Å². The van der Waals surface area contributed by atoms with Crippen molar-refractivity contribution in [2.75, 3.05) is 18.0 Å². The van der Waals surface area contributed by atoms with Gasteiger partial charge in [0.25, 0.3) is 0 Å². The van der Waals surface area contributed by atoms with E-state index in [-0.39, 0.29) is 11.1 Å². The summed E-state index contributed by atoms with van der Waals surface area (Å²) in [6.07, 6.45) is 3.54. The third-order valence-corrected chi connectivity index (χ3v) is 6.66. The third kappa shape index (κ3) is 4.99. The molecule has 188 valence electrons. The summed E-state index contributed by atoms with van der Waals surface area (Å²) in [5, 5.41) is 0.0390. The molecular formula is C30H32F2N2O2. The van der Waals surface area contributed by atoms with Crippen LogP contribution in [0.25, 0.3) is 22.2 Å². The first-order valence-corrected chi connectivity index (χ1v) is 12.5. The minimum absolute atomic E-state index is 0.0390. The third-order valence-electron chi connectivity index (χ3n) is 6.66. The standard InChI is InChI=1S/C30H32F2N2O2/c1-5-7-8-18-34(6-2)22-13-15-23(16-14-22)36-27-17-12-21(19-25(27)32)29-20(3)30(35)28-24(31)10-9-11-26(28)33(29)4/h9-17,19H,5-8,18H2,1-4H3. The van der Waals surface area contributed by atoms with Crippen molar-refractivity contribution in [1.29, 1.82) is 0 Å². The molecule has 0 aliphatic heterocycles. The number of aryl methyl sites for hydroxylation is 1. The number of unbranched alkanes of at least 4 members (excludes halogenated alkanes) is 2. The molecule has 0 amide bonds. The molecule has 4 rings (SSSR count). The number of aromatic nitrogens is 1. The Hall–Kier alpha value is -3.67. The molecule has 3 aromatic carbocycles. The summed E-state index contributed by atoms with van der Waals surface area (Å²) in [4.78, 5) is 15.2. The molecule has 6 heteroatoms. The molecule has 1 aromatic heterocycles. The van der Waals surface area contributed by atoms with Gasteiger partial charge in [-0.2, -0.15) is 0 Å². The van der Waals surface area contributed by atoms with Gasteiger partial charge in [-0.1, -0.05) is 25.8 Å². The number of nitrogens with zero attached hydrogens (tertiary/aromatic N) is 2. The molecule has 1 heterocycles. The van der Waals surface area contributed by atoms with Gasteiger partial charge in [0.05, 0.1) is 16.6 Å². The van der Waals surface area contributed by atoms with Gasteiger partial charge in [0.15, 0.2) is 17.0 Å². The van der Waals surface area contributed by atoms with E-state index in [0.29, 0.717) is 28.1 Å². The van der Waals surface area contributed by atoms with Gasteiger partial charge in [-0.15, -0.1) is 0 Å². The van der Waals surface area contributed by atoms with Gasteiger partial charge in [0, 0.05) is 37.0 Å².